The van der Waals surface area contributed by atoms with Gasteiger partial charge in [-0.2, -0.15) is 0 Å². The summed E-state index contributed by atoms with van der Waals surface area (Å²) in [6.45, 7) is 6.23. The second kappa shape index (κ2) is 5.00. The van der Waals surface area contributed by atoms with Crippen LogP contribution in [0.15, 0.2) is 10.6 Å². The number of hydrogen-bond acceptors (Lipinski definition) is 3. The molecule has 0 aliphatic heterocycles. The SMILES string of the molecule is CCCNCc1ncc(C2(C)CCCC2)o1. The minimum Gasteiger partial charge on any atom is -0.444 e. The molecule has 0 radical (unpaired) electrons. The first-order valence-corrected chi connectivity index (χ1v) is 6.40. The molecule has 1 aromatic heterocycles. The molecule has 0 saturated heterocycles. The molecule has 0 atom stereocenters. The highest BCUT2D eigenvalue weighted by Gasteiger charge is 2.33. The Morgan fingerprint density at radius 3 is 2.88 bits per heavy atom. The van der Waals surface area contributed by atoms with Gasteiger partial charge in [0.25, 0.3) is 0 Å². The molecule has 1 N–H and O–H groups in total. The highest BCUT2D eigenvalue weighted by Crippen LogP contribution is 2.40. The minimum atomic E-state index is 0.246. The van der Waals surface area contributed by atoms with Crippen LogP contribution in [0.1, 0.15) is 57.6 Å². The van der Waals surface area contributed by atoms with E-state index in [1.807, 2.05) is 6.20 Å². The molecule has 1 aromatic rings. The first kappa shape index (κ1) is 11.6. The Labute approximate surface area is 97.6 Å². The lowest BCUT2D eigenvalue weighted by Crippen LogP contribution is -2.16. The summed E-state index contributed by atoms with van der Waals surface area (Å²) in [7, 11) is 0. The van der Waals surface area contributed by atoms with Gasteiger partial charge in [-0.1, -0.05) is 26.7 Å². The van der Waals surface area contributed by atoms with E-state index in [4.69, 9.17) is 4.42 Å². The minimum absolute atomic E-state index is 0.246. The molecule has 0 unspecified atom stereocenters. The van der Waals surface area contributed by atoms with Gasteiger partial charge in [0.1, 0.15) is 5.76 Å². The number of aromatic nitrogens is 1. The van der Waals surface area contributed by atoms with Crippen molar-refractivity contribution in [1.29, 1.82) is 0 Å². The summed E-state index contributed by atoms with van der Waals surface area (Å²) in [5, 5.41) is 3.31. The Hall–Kier alpha value is -0.830. The molecule has 90 valence electrons. The quantitative estimate of drug-likeness (QED) is 0.778. The zero-order valence-corrected chi connectivity index (χ0v) is 10.4. The van der Waals surface area contributed by atoms with Gasteiger partial charge < -0.3 is 9.73 Å². The van der Waals surface area contributed by atoms with Crippen LogP contribution < -0.4 is 5.32 Å². The van der Waals surface area contributed by atoms with Gasteiger partial charge >= 0.3 is 0 Å². The van der Waals surface area contributed by atoms with Crippen LogP contribution in [-0.2, 0) is 12.0 Å². The van der Waals surface area contributed by atoms with E-state index in [1.54, 1.807) is 0 Å². The van der Waals surface area contributed by atoms with Gasteiger partial charge in [0, 0.05) is 5.41 Å². The number of rotatable bonds is 5. The molecule has 0 aromatic carbocycles. The predicted molar refractivity (Wildman–Crippen MR) is 64.3 cm³/mol. The summed E-state index contributed by atoms with van der Waals surface area (Å²) in [5.74, 6) is 1.91. The second-order valence-corrected chi connectivity index (χ2v) is 5.06. The molecule has 1 saturated carbocycles. The molecule has 3 nitrogen and oxygen atoms in total. The molecular formula is C13H22N2O. The summed E-state index contributed by atoms with van der Waals surface area (Å²) in [6.07, 6.45) is 8.19. The van der Waals surface area contributed by atoms with E-state index < -0.39 is 0 Å². The third-order valence-corrected chi connectivity index (χ3v) is 3.56. The molecule has 1 fully saturated rings. The van der Waals surface area contributed by atoms with Crippen molar-refractivity contribution in [1.82, 2.24) is 10.3 Å². The summed E-state index contributed by atoms with van der Waals surface area (Å²) in [6, 6.07) is 0. The van der Waals surface area contributed by atoms with Crippen LogP contribution in [0.2, 0.25) is 0 Å². The second-order valence-electron chi connectivity index (χ2n) is 5.06. The van der Waals surface area contributed by atoms with Crippen LogP contribution >= 0.6 is 0 Å². The normalized spacial score (nSPS) is 19.1. The van der Waals surface area contributed by atoms with Crippen molar-refractivity contribution < 1.29 is 4.42 Å². The summed E-state index contributed by atoms with van der Waals surface area (Å²) >= 11 is 0. The third kappa shape index (κ3) is 2.46. The summed E-state index contributed by atoms with van der Waals surface area (Å²) in [5.41, 5.74) is 0.246. The molecule has 0 bridgehead atoms. The molecule has 16 heavy (non-hydrogen) atoms. The number of hydrogen-bond donors (Lipinski definition) is 1. The van der Waals surface area contributed by atoms with Gasteiger partial charge in [0.2, 0.25) is 5.89 Å². The number of nitrogens with one attached hydrogen (secondary N) is 1. The standard InChI is InChI=1S/C13H22N2O/c1-3-8-14-10-12-15-9-11(16-12)13(2)6-4-5-7-13/h9,14H,3-8,10H2,1-2H3. The van der Waals surface area contributed by atoms with Crippen molar-refractivity contribution in [2.24, 2.45) is 0 Å². The maximum absolute atomic E-state index is 5.84. The van der Waals surface area contributed by atoms with Gasteiger partial charge in [0.05, 0.1) is 12.7 Å². The van der Waals surface area contributed by atoms with Crippen LogP contribution in [0, 0.1) is 0 Å². The van der Waals surface area contributed by atoms with E-state index in [9.17, 15) is 0 Å². The molecule has 2 rings (SSSR count). The van der Waals surface area contributed by atoms with Gasteiger partial charge in [-0.05, 0) is 25.8 Å². The van der Waals surface area contributed by atoms with Crippen molar-refractivity contribution in [3.63, 3.8) is 0 Å². The molecule has 3 heteroatoms. The van der Waals surface area contributed by atoms with E-state index >= 15 is 0 Å². The predicted octanol–water partition coefficient (Wildman–Crippen LogP) is 3.01. The average Bonchev–Trinajstić information content (AvgIpc) is 2.88. The first-order valence-electron chi connectivity index (χ1n) is 6.40. The van der Waals surface area contributed by atoms with Crippen molar-refractivity contribution in [2.45, 2.75) is 57.9 Å². The number of oxazole rings is 1. The van der Waals surface area contributed by atoms with Crippen LogP contribution in [0.4, 0.5) is 0 Å². The fourth-order valence-corrected chi connectivity index (χ4v) is 2.44. The Morgan fingerprint density at radius 1 is 1.44 bits per heavy atom. The van der Waals surface area contributed by atoms with E-state index in [1.165, 1.54) is 25.7 Å². The van der Waals surface area contributed by atoms with Crippen molar-refractivity contribution in [3.8, 4) is 0 Å². The largest absolute Gasteiger partial charge is 0.444 e. The third-order valence-electron chi connectivity index (χ3n) is 3.56. The fourth-order valence-electron chi connectivity index (χ4n) is 2.44. The zero-order valence-electron chi connectivity index (χ0n) is 10.4. The van der Waals surface area contributed by atoms with Gasteiger partial charge in [-0.15, -0.1) is 0 Å². The molecule has 0 amide bonds. The summed E-state index contributed by atoms with van der Waals surface area (Å²) in [4.78, 5) is 4.35. The summed E-state index contributed by atoms with van der Waals surface area (Å²) < 4.78 is 5.84. The highest BCUT2D eigenvalue weighted by molar-refractivity contribution is 5.11. The molecule has 1 aliphatic rings. The lowest BCUT2D eigenvalue weighted by molar-refractivity contribution is 0.343. The smallest absolute Gasteiger partial charge is 0.208 e. The van der Waals surface area contributed by atoms with Crippen LogP contribution in [0.5, 0.6) is 0 Å². The maximum atomic E-state index is 5.84. The van der Waals surface area contributed by atoms with Crippen molar-refractivity contribution in [2.75, 3.05) is 6.54 Å². The van der Waals surface area contributed by atoms with E-state index in [0.717, 1.165) is 31.2 Å². The van der Waals surface area contributed by atoms with Crippen LogP contribution in [0.3, 0.4) is 0 Å². The van der Waals surface area contributed by atoms with Gasteiger partial charge in [0.15, 0.2) is 0 Å². The fraction of sp³-hybridized carbons (Fsp3) is 0.769. The molecule has 1 aliphatic carbocycles. The lowest BCUT2D eigenvalue weighted by Gasteiger charge is -2.19. The van der Waals surface area contributed by atoms with Gasteiger partial charge in [-0.25, -0.2) is 4.98 Å². The maximum Gasteiger partial charge on any atom is 0.208 e. The molecule has 1 heterocycles. The van der Waals surface area contributed by atoms with Crippen LogP contribution in [-0.4, -0.2) is 11.5 Å². The number of nitrogens with zero attached hydrogens (tertiary/aromatic N) is 1. The molecule has 0 spiro atoms. The average molecular weight is 222 g/mol. The molecular weight excluding hydrogens is 200 g/mol. The van der Waals surface area contributed by atoms with Crippen molar-refractivity contribution >= 4 is 0 Å². The van der Waals surface area contributed by atoms with E-state index in [0.29, 0.717) is 0 Å². The zero-order chi connectivity index (χ0) is 11.4. The Morgan fingerprint density at radius 2 is 2.19 bits per heavy atom. The monoisotopic (exact) mass is 222 g/mol. The van der Waals surface area contributed by atoms with E-state index in [-0.39, 0.29) is 5.41 Å². The Bertz CT molecular complexity index is 326. The van der Waals surface area contributed by atoms with Crippen LogP contribution in [0.25, 0.3) is 0 Å². The first-order chi connectivity index (χ1) is 7.74. The highest BCUT2D eigenvalue weighted by atomic mass is 16.4. The van der Waals surface area contributed by atoms with Crippen molar-refractivity contribution in [3.05, 3.63) is 17.8 Å². The van der Waals surface area contributed by atoms with E-state index in [2.05, 4.69) is 24.1 Å². The Balaban J connectivity index is 1.96. The Kier molecular flexibility index (Phi) is 3.64. The topological polar surface area (TPSA) is 38.1 Å². The van der Waals surface area contributed by atoms with Gasteiger partial charge in [-0.3, -0.25) is 0 Å². The lowest BCUT2D eigenvalue weighted by atomic mass is 9.87.